The molecule has 1 rings (SSSR count). The zero-order chi connectivity index (χ0) is 16.2. The summed E-state index contributed by atoms with van der Waals surface area (Å²) < 4.78 is 0.430. The topological polar surface area (TPSA) is 101 Å². The van der Waals surface area contributed by atoms with Crippen molar-refractivity contribution in [3.63, 3.8) is 0 Å². The third-order valence-corrected chi connectivity index (χ3v) is 3.53. The minimum atomic E-state index is -1.01. The van der Waals surface area contributed by atoms with E-state index in [0.717, 1.165) is 0 Å². The maximum Gasteiger partial charge on any atom is 0.305 e. The predicted octanol–water partition coefficient (Wildman–Crippen LogP) is 2.68. The Hall–Kier alpha value is -1.96. The van der Waals surface area contributed by atoms with E-state index in [2.05, 4.69) is 15.9 Å². The van der Waals surface area contributed by atoms with Gasteiger partial charge >= 0.3 is 5.97 Å². The number of non-ortho nitro benzene ring substituents is 1. The second-order valence-corrected chi connectivity index (χ2v) is 5.51. The minimum absolute atomic E-state index is 0.0426. The third kappa shape index (κ3) is 4.52. The molecule has 0 aliphatic carbocycles. The first-order chi connectivity index (χ1) is 9.73. The number of nitro benzene ring substituents is 1. The van der Waals surface area contributed by atoms with Crippen LogP contribution in [-0.2, 0) is 4.79 Å². The molecule has 0 saturated heterocycles. The lowest BCUT2D eigenvalue weighted by atomic mass is 10.1. The quantitative estimate of drug-likeness (QED) is 0.622. The lowest BCUT2D eigenvalue weighted by Gasteiger charge is -2.26. The van der Waals surface area contributed by atoms with Gasteiger partial charge in [-0.1, -0.05) is 0 Å². The minimum Gasteiger partial charge on any atom is -0.481 e. The van der Waals surface area contributed by atoms with E-state index in [0.29, 0.717) is 4.47 Å². The molecule has 0 heterocycles. The van der Waals surface area contributed by atoms with Crippen LogP contribution in [0.25, 0.3) is 0 Å². The van der Waals surface area contributed by atoms with Crippen molar-refractivity contribution in [2.45, 2.75) is 26.3 Å². The molecule has 0 unspecified atom stereocenters. The number of amides is 1. The number of halogens is 1. The maximum atomic E-state index is 12.5. The number of hydrogen-bond acceptors (Lipinski definition) is 4. The van der Waals surface area contributed by atoms with E-state index in [4.69, 9.17) is 5.11 Å². The van der Waals surface area contributed by atoms with Crippen LogP contribution in [0.2, 0.25) is 0 Å². The number of nitro groups is 1. The van der Waals surface area contributed by atoms with Gasteiger partial charge in [0, 0.05) is 29.2 Å². The predicted molar refractivity (Wildman–Crippen MR) is 79.2 cm³/mol. The summed E-state index contributed by atoms with van der Waals surface area (Å²) in [5, 5.41) is 19.5. The van der Waals surface area contributed by atoms with Crippen LogP contribution < -0.4 is 0 Å². The Bertz CT molecular complexity index is 574. The zero-order valence-corrected chi connectivity index (χ0v) is 13.2. The van der Waals surface area contributed by atoms with Crippen LogP contribution in [-0.4, -0.2) is 39.4 Å². The maximum absolute atomic E-state index is 12.5. The fraction of sp³-hybridized carbons (Fsp3) is 0.385. The lowest BCUT2D eigenvalue weighted by molar-refractivity contribution is -0.384. The monoisotopic (exact) mass is 358 g/mol. The highest BCUT2D eigenvalue weighted by atomic mass is 79.9. The molecule has 7 nitrogen and oxygen atoms in total. The van der Waals surface area contributed by atoms with Gasteiger partial charge in [0.1, 0.15) is 0 Å². The lowest BCUT2D eigenvalue weighted by Crippen LogP contribution is -2.38. The number of carbonyl (C=O) groups excluding carboxylic acids is 1. The van der Waals surface area contributed by atoms with Crippen LogP contribution in [0.5, 0.6) is 0 Å². The Morgan fingerprint density at radius 2 is 2.05 bits per heavy atom. The summed E-state index contributed by atoms with van der Waals surface area (Å²) in [5.41, 5.74) is -0.0493. The molecule has 0 saturated carbocycles. The van der Waals surface area contributed by atoms with Crippen molar-refractivity contribution in [1.82, 2.24) is 4.90 Å². The highest BCUT2D eigenvalue weighted by Gasteiger charge is 2.23. The van der Waals surface area contributed by atoms with Crippen molar-refractivity contribution < 1.29 is 19.6 Å². The number of rotatable bonds is 6. The molecule has 1 aromatic carbocycles. The van der Waals surface area contributed by atoms with Crippen molar-refractivity contribution in [3.05, 3.63) is 38.3 Å². The number of carbonyl (C=O) groups is 2. The molecule has 1 amide bonds. The molecule has 0 atom stereocenters. The van der Waals surface area contributed by atoms with E-state index in [1.807, 2.05) is 0 Å². The zero-order valence-electron chi connectivity index (χ0n) is 11.6. The normalized spacial score (nSPS) is 10.5. The average Bonchev–Trinajstić information content (AvgIpc) is 2.38. The Labute approximate surface area is 129 Å². The van der Waals surface area contributed by atoms with E-state index in [9.17, 15) is 19.7 Å². The van der Waals surface area contributed by atoms with Crippen molar-refractivity contribution in [2.24, 2.45) is 0 Å². The summed E-state index contributed by atoms with van der Waals surface area (Å²) >= 11 is 3.19. The van der Waals surface area contributed by atoms with Gasteiger partial charge in [-0.15, -0.1) is 0 Å². The fourth-order valence-electron chi connectivity index (χ4n) is 1.76. The van der Waals surface area contributed by atoms with Crippen LogP contribution in [0.1, 0.15) is 30.6 Å². The van der Waals surface area contributed by atoms with Gasteiger partial charge in [0.05, 0.1) is 16.9 Å². The van der Waals surface area contributed by atoms with Gasteiger partial charge in [-0.25, -0.2) is 0 Å². The molecule has 1 aromatic rings. The Morgan fingerprint density at radius 1 is 1.43 bits per heavy atom. The summed E-state index contributed by atoms with van der Waals surface area (Å²) in [7, 11) is 0. The van der Waals surface area contributed by atoms with E-state index < -0.39 is 16.8 Å². The van der Waals surface area contributed by atoms with Gasteiger partial charge in [-0.3, -0.25) is 19.7 Å². The van der Waals surface area contributed by atoms with Gasteiger partial charge in [0.15, 0.2) is 0 Å². The summed E-state index contributed by atoms with van der Waals surface area (Å²) in [5.74, 6) is -1.45. The molecule has 8 heteroatoms. The molecule has 0 spiro atoms. The molecule has 21 heavy (non-hydrogen) atoms. The highest BCUT2D eigenvalue weighted by Crippen LogP contribution is 2.24. The Kier molecular flexibility index (Phi) is 5.83. The molecule has 1 N–H and O–H groups in total. The first-order valence-electron chi connectivity index (χ1n) is 6.20. The summed E-state index contributed by atoms with van der Waals surface area (Å²) in [6, 6.07) is 3.68. The SMILES string of the molecule is CC(C)N(CCC(=O)O)C(=O)c1cc([N+](=O)[O-])ccc1Br. The van der Waals surface area contributed by atoms with E-state index in [1.165, 1.54) is 23.1 Å². The van der Waals surface area contributed by atoms with E-state index >= 15 is 0 Å². The van der Waals surface area contributed by atoms with Crippen molar-refractivity contribution in [3.8, 4) is 0 Å². The first kappa shape index (κ1) is 17.1. The second-order valence-electron chi connectivity index (χ2n) is 4.66. The van der Waals surface area contributed by atoms with Crippen LogP contribution >= 0.6 is 15.9 Å². The van der Waals surface area contributed by atoms with Gasteiger partial charge in [-0.05, 0) is 35.8 Å². The van der Waals surface area contributed by atoms with Gasteiger partial charge in [-0.2, -0.15) is 0 Å². The number of benzene rings is 1. The van der Waals surface area contributed by atoms with Crippen molar-refractivity contribution in [1.29, 1.82) is 0 Å². The van der Waals surface area contributed by atoms with Crippen LogP contribution in [0.3, 0.4) is 0 Å². The summed E-state index contributed by atoms with van der Waals surface area (Å²) in [4.78, 5) is 34.7. The van der Waals surface area contributed by atoms with Gasteiger partial charge in [0.2, 0.25) is 0 Å². The van der Waals surface area contributed by atoms with Crippen LogP contribution in [0, 0.1) is 10.1 Å². The van der Waals surface area contributed by atoms with E-state index in [-0.39, 0.29) is 30.3 Å². The van der Waals surface area contributed by atoms with Crippen molar-refractivity contribution >= 4 is 33.5 Å². The van der Waals surface area contributed by atoms with Gasteiger partial charge < -0.3 is 10.0 Å². The number of hydrogen-bond donors (Lipinski definition) is 1. The molecule has 0 aliphatic heterocycles. The third-order valence-electron chi connectivity index (χ3n) is 2.84. The molecule has 0 aromatic heterocycles. The summed E-state index contributed by atoms with van der Waals surface area (Å²) in [6.45, 7) is 3.55. The largest absolute Gasteiger partial charge is 0.481 e. The molecule has 0 radical (unpaired) electrons. The van der Waals surface area contributed by atoms with Crippen LogP contribution in [0.15, 0.2) is 22.7 Å². The standard InChI is InChI=1S/C13H15BrN2O5/c1-8(2)15(6-5-12(17)18)13(19)10-7-9(16(20)21)3-4-11(10)14/h3-4,7-8H,5-6H2,1-2H3,(H,17,18). The number of carboxylic acid groups (broad SMARTS) is 1. The summed E-state index contributed by atoms with van der Waals surface area (Å²) in [6.07, 6.45) is -0.184. The molecule has 114 valence electrons. The second kappa shape index (κ2) is 7.16. The molecular formula is C13H15BrN2O5. The number of carboxylic acids is 1. The Morgan fingerprint density at radius 3 is 2.52 bits per heavy atom. The molecule has 0 aliphatic rings. The number of aliphatic carboxylic acids is 1. The molecule has 0 bridgehead atoms. The highest BCUT2D eigenvalue weighted by molar-refractivity contribution is 9.10. The van der Waals surface area contributed by atoms with Crippen molar-refractivity contribution in [2.75, 3.05) is 6.54 Å². The molecule has 0 fully saturated rings. The van der Waals surface area contributed by atoms with E-state index in [1.54, 1.807) is 13.8 Å². The molecular weight excluding hydrogens is 344 g/mol. The average molecular weight is 359 g/mol. The fourth-order valence-corrected chi connectivity index (χ4v) is 2.17. The number of nitrogens with zero attached hydrogens (tertiary/aromatic N) is 2. The Balaban J connectivity index is 3.11. The first-order valence-corrected chi connectivity index (χ1v) is 7.00. The van der Waals surface area contributed by atoms with Crippen LogP contribution in [0.4, 0.5) is 5.69 Å². The van der Waals surface area contributed by atoms with Gasteiger partial charge in [0.25, 0.3) is 11.6 Å². The smallest absolute Gasteiger partial charge is 0.305 e.